The number of guanidine groups is 1. The van der Waals surface area contributed by atoms with Crippen LogP contribution >= 0.6 is 11.3 Å². The average Bonchev–Trinajstić information content (AvgIpc) is 3.35. The van der Waals surface area contributed by atoms with Crippen LogP contribution in [-0.4, -0.2) is 17.0 Å². The first-order valence-corrected chi connectivity index (χ1v) is 14.3. The second kappa shape index (κ2) is 11.5. The second-order valence-electron chi connectivity index (χ2n) is 10.5. The van der Waals surface area contributed by atoms with Gasteiger partial charge in [0.2, 0.25) is 0 Å². The highest BCUT2D eigenvalue weighted by Gasteiger charge is 2.32. The fraction of sp³-hybridized carbons (Fsp3) is 0.467. The topological polar surface area (TPSA) is 72.5 Å². The van der Waals surface area contributed by atoms with E-state index in [9.17, 15) is 0 Å². The van der Waals surface area contributed by atoms with Crippen molar-refractivity contribution in [1.29, 1.82) is 0 Å². The Morgan fingerprint density at radius 1 is 0.972 bits per heavy atom. The van der Waals surface area contributed by atoms with Crippen molar-refractivity contribution in [3.05, 3.63) is 59.0 Å². The van der Waals surface area contributed by atoms with Gasteiger partial charge in [0, 0.05) is 10.9 Å². The quantitative estimate of drug-likeness (QED) is 0.264. The summed E-state index contributed by atoms with van der Waals surface area (Å²) in [7, 11) is 0. The number of nitrogens with zero attached hydrogens (tertiary/aromatic N) is 2. The lowest BCUT2D eigenvalue weighted by Gasteiger charge is -2.37. The maximum atomic E-state index is 6.42. The predicted octanol–water partition coefficient (Wildman–Crippen LogP) is 8.08. The lowest BCUT2D eigenvalue weighted by molar-refractivity contribution is 0.172. The number of aryl methyl sites for hydroxylation is 2. The molecular weight excluding hydrogens is 464 g/mol. The number of ether oxygens (including phenoxy) is 1. The van der Waals surface area contributed by atoms with E-state index in [4.69, 9.17) is 20.4 Å². The summed E-state index contributed by atoms with van der Waals surface area (Å²) in [5.41, 5.74) is 10.6. The van der Waals surface area contributed by atoms with Crippen LogP contribution in [0, 0.1) is 25.7 Å². The standard InChI is InChI=1S/C30H38N4OS/c1-20-16-17-27(21(2)18-20)35-28-15-9-7-13-24(28)26-19-36-30(33-26)34-29(31)32-25-14-8-6-12-23(25)22-10-4-3-5-11-22/h7,9,13,15-19,22-23,25H,3-6,8,10-12,14H2,1-2H3,(H3,31,32,33,34). The van der Waals surface area contributed by atoms with Gasteiger partial charge in [-0.3, -0.25) is 0 Å². The van der Waals surface area contributed by atoms with Crippen LogP contribution in [0.3, 0.4) is 0 Å². The van der Waals surface area contributed by atoms with Gasteiger partial charge in [-0.05, 0) is 62.3 Å². The van der Waals surface area contributed by atoms with Gasteiger partial charge in [0.05, 0.1) is 11.7 Å². The highest BCUT2D eigenvalue weighted by molar-refractivity contribution is 7.14. The van der Waals surface area contributed by atoms with E-state index in [1.807, 2.05) is 35.7 Å². The van der Waals surface area contributed by atoms with Crippen LogP contribution in [0.5, 0.6) is 11.5 Å². The van der Waals surface area contributed by atoms with E-state index in [2.05, 4.69) is 31.3 Å². The molecule has 3 aromatic rings. The van der Waals surface area contributed by atoms with Crippen LogP contribution in [0.1, 0.15) is 68.9 Å². The van der Waals surface area contributed by atoms with Gasteiger partial charge >= 0.3 is 0 Å². The lowest BCUT2D eigenvalue weighted by Crippen LogP contribution is -2.34. The van der Waals surface area contributed by atoms with E-state index >= 15 is 0 Å². The predicted molar refractivity (Wildman–Crippen MR) is 151 cm³/mol. The second-order valence-corrected chi connectivity index (χ2v) is 11.3. The molecule has 1 heterocycles. The Morgan fingerprint density at radius 2 is 1.75 bits per heavy atom. The van der Waals surface area contributed by atoms with Crippen LogP contribution in [-0.2, 0) is 0 Å². The van der Waals surface area contributed by atoms with E-state index in [0.29, 0.717) is 17.9 Å². The summed E-state index contributed by atoms with van der Waals surface area (Å²) in [5, 5.41) is 6.09. The molecule has 0 aliphatic heterocycles. The number of thiazole rings is 1. The first kappa shape index (κ1) is 24.8. The largest absolute Gasteiger partial charge is 0.456 e. The number of nitrogens with one attached hydrogen (secondary N) is 1. The molecule has 0 bridgehead atoms. The molecule has 5 rings (SSSR count). The average molecular weight is 503 g/mol. The zero-order valence-electron chi connectivity index (χ0n) is 21.5. The minimum Gasteiger partial charge on any atom is -0.456 e. The van der Waals surface area contributed by atoms with Gasteiger partial charge in [-0.15, -0.1) is 11.3 Å². The highest BCUT2D eigenvalue weighted by Crippen LogP contribution is 2.40. The van der Waals surface area contributed by atoms with Crippen LogP contribution in [0.25, 0.3) is 11.3 Å². The Balaban J connectivity index is 1.29. The minimum atomic E-state index is 0.334. The number of aromatic nitrogens is 1. The summed E-state index contributed by atoms with van der Waals surface area (Å²) in [5.74, 6) is 3.64. The molecule has 0 radical (unpaired) electrons. The van der Waals surface area contributed by atoms with Gasteiger partial charge in [0.25, 0.3) is 0 Å². The SMILES string of the molecule is Cc1ccc(Oc2ccccc2-c2csc(NC(N)=NC3CCCCC3C3CCCCC3)n2)c(C)c1. The molecule has 2 fully saturated rings. The number of para-hydroxylation sites is 1. The first-order chi connectivity index (χ1) is 17.6. The molecule has 2 unspecified atom stereocenters. The third-order valence-electron chi connectivity index (χ3n) is 7.79. The fourth-order valence-electron chi connectivity index (χ4n) is 5.99. The summed E-state index contributed by atoms with van der Waals surface area (Å²) in [6, 6.07) is 14.6. The summed E-state index contributed by atoms with van der Waals surface area (Å²) in [4.78, 5) is 9.81. The van der Waals surface area contributed by atoms with E-state index in [1.54, 1.807) is 11.3 Å². The Morgan fingerprint density at radius 3 is 2.58 bits per heavy atom. The molecule has 2 saturated carbocycles. The van der Waals surface area contributed by atoms with Gasteiger partial charge in [-0.1, -0.05) is 74.8 Å². The van der Waals surface area contributed by atoms with Gasteiger partial charge in [-0.25, -0.2) is 9.98 Å². The van der Waals surface area contributed by atoms with Crippen molar-refractivity contribution >= 4 is 22.4 Å². The smallest absolute Gasteiger partial charge is 0.195 e. The molecule has 5 nitrogen and oxygen atoms in total. The van der Waals surface area contributed by atoms with Crippen molar-refractivity contribution in [2.24, 2.45) is 22.6 Å². The van der Waals surface area contributed by atoms with E-state index < -0.39 is 0 Å². The van der Waals surface area contributed by atoms with Crippen molar-refractivity contribution in [3.63, 3.8) is 0 Å². The number of nitrogens with two attached hydrogens (primary N) is 1. The molecule has 0 amide bonds. The maximum Gasteiger partial charge on any atom is 0.195 e. The first-order valence-electron chi connectivity index (χ1n) is 13.5. The Bertz CT molecular complexity index is 1200. The molecule has 36 heavy (non-hydrogen) atoms. The molecule has 2 atom stereocenters. The number of rotatable bonds is 6. The molecule has 2 aliphatic carbocycles. The van der Waals surface area contributed by atoms with Crippen LogP contribution in [0.15, 0.2) is 52.8 Å². The molecule has 6 heteroatoms. The monoisotopic (exact) mass is 502 g/mol. The number of hydrogen-bond acceptors (Lipinski definition) is 4. The number of anilines is 1. The molecule has 190 valence electrons. The number of aliphatic imine (C=N–C) groups is 1. The van der Waals surface area contributed by atoms with Crippen LogP contribution in [0.4, 0.5) is 5.13 Å². The van der Waals surface area contributed by atoms with Crippen molar-refractivity contribution in [2.75, 3.05) is 5.32 Å². The number of hydrogen-bond donors (Lipinski definition) is 2. The van der Waals surface area contributed by atoms with Crippen LogP contribution < -0.4 is 15.8 Å². The van der Waals surface area contributed by atoms with E-state index in [-0.39, 0.29) is 0 Å². The normalized spacial score (nSPS) is 21.3. The molecule has 3 N–H and O–H groups in total. The van der Waals surface area contributed by atoms with Crippen LogP contribution in [0.2, 0.25) is 0 Å². The minimum absolute atomic E-state index is 0.334. The van der Waals surface area contributed by atoms with Crippen molar-refractivity contribution in [2.45, 2.75) is 77.7 Å². The zero-order chi connectivity index (χ0) is 24.9. The van der Waals surface area contributed by atoms with Gasteiger partial charge in [0.15, 0.2) is 11.1 Å². The Labute approximate surface area is 219 Å². The third-order valence-corrected chi connectivity index (χ3v) is 8.55. The number of benzene rings is 2. The molecule has 1 aromatic heterocycles. The molecule has 2 aliphatic rings. The maximum absolute atomic E-state index is 6.42. The van der Waals surface area contributed by atoms with Gasteiger partial charge in [0.1, 0.15) is 11.5 Å². The Hall–Kier alpha value is -2.86. The van der Waals surface area contributed by atoms with Crippen molar-refractivity contribution in [3.8, 4) is 22.8 Å². The molecule has 2 aromatic carbocycles. The summed E-state index contributed by atoms with van der Waals surface area (Å²) >= 11 is 1.55. The fourth-order valence-corrected chi connectivity index (χ4v) is 6.70. The zero-order valence-corrected chi connectivity index (χ0v) is 22.3. The summed E-state index contributed by atoms with van der Waals surface area (Å²) < 4.78 is 6.31. The lowest BCUT2D eigenvalue weighted by atomic mass is 9.71. The summed E-state index contributed by atoms with van der Waals surface area (Å²) in [6.45, 7) is 4.16. The van der Waals surface area contributed by atoms with E-state index in [1.165, 1.54) is 56.9 Å². The molecule has 0 spiro atoms. The van der Waals surface area contributed by atoms with E-state index in [0.717, 1.165) is 45.8 Å². The highest BCUT2D eigenvalue weighted by atomic mass is 32.1. The van der Waals surface area contributed by atoms with Gasteiger partial charge in [-0.2, -0.15) is 0 Å². The molecular formula is C30H38N4OS. The van der Waals surface area contributed by atoms with Gasteiger partial charge < -0.3 is 15.8 Å². The van der Waals surface area contributed by atoms with Crippen molar-refractivity contribution < 1.29 is 4.74 Å². The third kappa shape index (κ3) is 5.92. The molecule has 0 saturated heterocycles. The summed E-state index contributed by atoms with van der Waals surface area (Å²) in [6.07, 6.45) is 11.9. The Kier molecular flexibility index (Phi) is 7.90. The van der Waals surface area contributed by atoms with Crippen molar-refractivity contribution in [1.82, 2.24) is 4.98 Å².